The molecule has 0 radical (unpaired) electrons. The number of rotatable bonds is 8. The number of hydrogen-bond acceptors (Lipinski definition) is 4. The lowest BCUT2D eigenvalue weighted by atomic mass is 10.2. The van der Waals surface area contributed by atoms with Crippen LogP contribution in [-0.4, -0.2) is 37.6 Å². The quantitative estimate of drug-likeness (QED) is 0.575. The second-order valence-electron chi connectivity index (χ2n) is 6.52. The molecule has 3 aromatic rings. The van der Waals surface area contributed by atoms with Crippen LogP contribution >= 0.6 is 15.9 Å². The number of ether oxygens (including phenoxy) is 1. The van der Waals surface area contributed by atoms with Crippen molar-refractivity contribution in [2.75, 3.05) is 26.7 Å². The minimum atomic E-state index is -0.183. The van der Waals surface area contributed by atoms with Gasteiger partial charge < -0.3 is 14.5 Å². The minimum absolute atomic E-state index is 0.0471. The highest BCUT2D eigenvalue weighted by atomic mass is 79.9. The van der Waals surface area contributed by atoms with Gasteiger partial charge in [0, 0.05) is 16.4 Å². The summed E-state index contributed by atoms with van der Waals surface area (Å²) in [6.07, 6.45) is 0. The van der Waals surface area contributed by atoms with Crippen LogP contribution in [0.2, 0.25) is 0 Å². The van der Waals surface area contributed by atoms with E-state index in [0.29, 0.717) is 19.7 Å². The van der Waals surface area contributed by atoms with Crippen molar-refractivity contribution in [3.8, 4) is 5.75 Å². The predicted molar refractivity (Wildman–Crippen MR) is 110 cm³/mol. The molecule has 2 aromatic carbocycles. The van der Waals surface area contributed by atoms with Crippen molar-refractivity contribution in [2.45, 2.75) is 13.0 Å². The summed E-state index contributed by atoms with van der Waals surface area (Å²) in [4.78, 5) is 14.2. The summed E-state index contributed by atoms with van der Waals surface area (Å²) in [7, 11) is 1.90. The van der Waals surface area contributed by atoms with Gasteiger partial charge in [0.15, 0.2) is 0 Å². The number of halogens is 1. The standard InChI is InChI=1S/C21H23BrN2O3/c1-15(20-13-16-5-3-4-6-19(16)27-20)23-21(25)14-24(2)11-12-26-18-9-7-17(22)8-10-18/h3-10,13,15H,11-12,14H2,1-2H3,(H,23,25). The van der Waals surface area contributed by atoms with Crippen LogP contribution in [0, 0.1) is 0 Å². The number of nitrogens with one attached hydrogen (secondary N) is 1. The molecule has 0 aliphatic carbocycles. The third-order valence-corrected chi connectivity index (χ3v) is 4.75. The zero-order valence-electron chi connectivity index (χ0n) is 15.4. The Labute approximate surface area is 167 Å². The topological polar surface area (TPSA) is 54.7 Å². The van der Waals surface area contributed by atoms with E-state index in [0.717, 1.165) is 27.0 Å². The molecule has 1 amide bonds. The van der Waals surface area contributed by atoms with Gasteiger partial charge in [-0.3, -0.25) is 9.69 Å². The van der Waals surface area contributed by atoms with E-state index in [2.05, 4.69) is 21.2 Å². The first-order chi connectivity index (χ1) is 13.0. The molecule has 142 valence electrons. The van der Waals surface area contributed by atoms with E-state index in [4.69, 9.17) is 9.15 Å². The fraction of sp³-hybridized carbons (Fsp3) is 0.286. The first kappa shape index (κ1) is 19.5. The largest absolute Gasteiger partial charge is 0.492 e. The Kier molecular flexibility index (Phi) is 6.53. The smallest absolute Gasteiger partial charge is 0.234 e. The van der Waals surface area contributed by atoms with E-state index in [-0.39, 0.29) is 11.9 Å². The number of furan rings is 1. The average molecular weight is 431 g/mol. The molecule has 6 heteroatoms. The molecule has 0 spiro atoms. The van der Waals surface area contributed by atoms with Gasteiger partial charge in [-0.05, 0) is 50.4 Å². The number of fused-ring (bicyclic) bond motifs is 1. The molecule has 0 aliphatic heterocycles. The molecule has 0 bridgehead atoms. The maximum atomic E-state index is 12.3. The van der Waals surface area contributed by atoms with Crippen molar-refractivity contribution in [3.05, 3.63) is 64.8 Å². The predicted octanol–water partition coefficient (Wildman–Crippen LogP) is 4.38. The van der Waals surface area contributed by atoms with Gasteiger partial charge in [0.25, 0.3) is 0 Å². The third-order valence-electron chi connectivity index (χ3n) is 4.22. The maximum Gasteiger partial charge on any atom is 0.234 e. The van der Waals surface area contributed by atoms with Crippen molar-refractivity contribution < 1.29 is 13.9 Å². The van der Waals surface area contributed by atoms with Crippen molar-refractivity contribution >= 4 is 32.8 Å². The SMILES string of the molecule is CC(NC(=O)CN(C)CCOc1ccc(Br)cc1)c1cc2ccccc2o1. The number of benzene rings is 2. The number of hydrogen-bond donors (Lipinski definition) is 1. The molecular formula is C21H23BrN2O3. The van der Waals surface area contributed by atoms with Gasteiger partial charge in [0.05, 0.1) is 12.6 Å². The molecule has 0 aliphatic rings. The van der Waals surface area contributed by atoms with Gasteiger partial charge >= 0.3 is 0 Å². The Bertz CT molecular complexity index is 859. The highest BCUT2D eigenvalue weighted by Crippen LogP contribution is 2.23. The van der Waals surface area contributed by atoms with Crippen LogP contribution in [-0.2, 0) is 4.79 Å². The molecule has 1 N–H and O–H groups in total. The molecule has 0 fully saturated rings. The molecule has 1 unspecified atom stereocenters. The summed E-state index contributed by atoms with van der Waals surface area (Å²) in [6.45, 7) is 3.40. The Morgan fingerprint density at radius 3 is 2.70 bits per heavy atom. The Morgan fingerprint density at radius 2 is 1.96 bits per heavy atom. The molecule has 0 saturated carbocycles. The zero-order chi connectivity index (χ0) is 19.2. The van der Waals surface area contributed by atoms with Crippen LogP contribution < -0.4 is 10.1 Å². The molecule has 5 nitrogen and oxygen atoms in total. The number of nitrogens with zero attached hydrogens (tertiary/aromatic N) is 1. The normalized spacial score (nSPS) is 12.3. The fourth-order valence-corrected chi connectivity index (χ4v) is 3.01. The van der Waals surface area contributed by atoms with Gasteiger partial charge in [0.1, 0.15) is 23.7 Å². The number of para-hydroxylation sites is 1. The number of amides is 1. The third kappa shape index (κ3) is 5.58. The van der Waals surface area contributed by atoms with Crippen molar-refractivity contribution in [1.82, 2.24) is 10.2 Å². The molecule has 1 atom stereocenters. The lowest BCUT2D eigenvalue weighted by Gasteiger charge is -2.18. The number of carbonyl (C=O) groups is 1. The maximum absolute atomic E-state index is 12.3. The van der Waals surface area contributed by atoms with Crippen molar-refractivity contribution in [1.29, 1.82) is 0 Å². The second kappa shape index (κ2) is 9.06. The second-order valence-corrected chi connectivity index (χ2v) is 7.43. The summed E-state index contributed by atoms with van der Waals surface area (Å²) < 4.78 is 12.5. The van der Waals surface area contributed by atoms with Crippen LogP contribution in [0.3, 0.4) is 0 Å². The monoisotopic (exact) mass is 430 g/mol. The van der Waals surface area contributed by atoms with Gasteiger partial charge in [-0.1, -0.05) is 34.1 Å². The Balaban J connectivity index is 1.43. The highest BCUT2D eigenvalue weighted by Gasteiger charge is 2.15. The van der Waals surface area contributed by atoms with E-state index >= 15 is 0 Å². The summed E-state index contributed by atoms with van der Waals surface area (Å²) >= 11 is 3.40. The minimum Gasteiger partial charge on any atom is -0.492 e. The fourth-order valence-electron chi connectivity index (χ4n) is 2.75. The number of likely N-dealkylation sites (N-methyl/N-ethyl adjacent to an activating group) is 1. The highest BCUT2D eigenvalue weighted by molar-refractivity contribution is 9.10. The molecule has 0 saturated heterocycles. The lowest BCUT2D eigenvalue weighted by Crippen LogP contribution is -2.37. The summed E-state index contributed by atoms with van der Waals surface area (Å²) in [6, 6.07) is 17.3. The molecule has 27 heavy (non-hydrogen) atoms. The molecule has 1 heterocycles. The zero-order valence-corrected chi connectivity index (χ0v) is 17.0. The van der Waals surface area contributed by atoms with E-state index in [9.17, 15) is 4.79 Å². The Morgan fingerprint density at radius 1 is 1.22 bits per heavy atom. The lowest BCUT2D eigenvalue weighted by molar-refractivity contribution is -0.122. The molecule has 1 aromatic heterocycles. The first-order valence-electron chi connectivity index (χ1n) is 8.86. The van der Waals surface area contributed by atoms with Gasteiger partial charge in [-0.15, -0.1) is 0 Å². The summed E-state index contributed by atoms with van der Waals surface area (Å²) in [5, 5.41) is 4.02. The van der Waals surface area contributed by atoms with Crippen LogP contribution in [0.4, 0.5) is 0 Å². The van der Waals surface area contributed by atoms with E-state index in [1.165, 1.54) is 0 Å². The van der Waals surface area contributed by atoms with E-state index in [1.807, 2.05) is 73.5 Å². The van der Waals surface area contributed by atoms with Crippen molar-refractivity contribution in [2.24, 2.45) is 0 Å². The van der Waals surface area contributed by atoms with E-state index < -0.39 is 0 Å². The van der Waals surface area contributed by atoms with Crippen molar-refractivity contribution in [3.63, 3.8) is 0 Å². The van der Waals surface area contributed by atoms with Crippen LogP contribution in [0.25, 0.3) is 11.0 Å². The molecule has 3 rings (SSSR count). The van der Waals surface area contributed by atoms with Gasteiger partial charge in [-0.25, -0.2) is 0 Å². The number of carbonyl (C=O) groups excluding carboxylic acids is 1. The first-order valence-corrected chi connectivity index (χ1v) is 9.65. The Hall–Kier alpha value is -2.31. The van der Waals surface area contributed by atoms with E-state index in [1.54, 1.807) is 0 Å². The average Bonchev–Trinajstić information content (AvgIpc) is 3.07. The van der Waals surface area contributed by atoms with Gasteiger partial charge in [0.2, 0.25) is 5.91 Å². The molecular weight excluding hydrogens is 408 g/mol. The van der Waals surface area contributed by atoms with Crippen LogP contribution in [0.5, 0.6) is 5.75 Å². The van der Waals surface area contributed by atoms with Gasteiger partial charge in [-0.2, -0.15) is 0 Å². The van der Waals surface area contributed by atoms with Crippen LogP contribution in [0.15, 0.2) is 63.5 Å². The summed E-state index contributed by atoms with van der Waals surface area (Å²) in [5.41, 5.74) is 0.829. The van der Waals surface area contributed by atoms with Crippen LogP contribution in [0.1, 0.15) is 18.7 Å². The summed E-state index contributed by atoms with van der Waals surface area (Å²) in [5.74, 6) is 1.52.